The normalized spacial score (nSPS) is 6.75. The topological polar surface area (TPSA) is 0 Å². The Morgan fingerprint density at radius 1 is 1.62 bits per heavy atom. The Balaban J connectivity index is 2.90. The van der Waals surface area contributed by atoms with E-state index in [0.29, 0.717) is 0 Å². The largest absolute Gasteiger partial charge is 0.598 e. The molecule has 0 radical (unpaired) electrons. The van der Waals surface area contributed by atoms with Gasteiger partial charge >= 0.3 is 19.3 Å². The fourth-order valence-corrected chi connectivity index (χ4v) is 0.956. The summed E-state index contributed by atoms with van der Waals surface area (Å²) in [5.41, 5.74) is 0. The minimum absolute atomic E-state index is 0.503. The predicted molar refractivity (Wildman–Crippen MR) is 38.9 cm³/mol. The third-order valence-electron chi connectivity index (χ3n) is 0.847. The van der Waals surface area contributed by atoms with Crippen molar-refractivity contribution in [3.05, 3.63) is 0 Å². The molecule has 2 heteroatoms. The molecule has 0 rings (SSSR count). The van der Waals surface area contributed by atoms with Crippen LogP contribution < -0.4 is 0 Å². The Morgan fingerprint density at radius 2 is 2.38 bits per heavy atom. The van der Waals surface area contributed by atoms with Crippen molar-refractivity contribution >= 4 is 28.3 Å². The molecule has 0 bridgehead atoms. The molecule has 0 aromatic carbocycles. The van der Waals surface area contributed by atoms with E-state index in [-0.39, 0.29) is 0 Å². The first-order valence-electron chi connectivity index (χ1n) is 2.93. The number of halogens is 1. The number of unbranched alkanes of at least 4 members (excludes halogenated alkanes) is 2. The van der Waals surface area contributed by atoms with Gasteiger partial charge in [0.1, 0.15) is 0 Å². The summed E-state index contributed by atoms with van der Waals surface area (Å²) in [4.78, 5) is 0. The van der Waals surface area contributed by atoms with Crippen molar-refractivity contribution in [3.8, 4) is 9.97 Å². The van der Waals surface area contributed by atoms with Crippen molar-refractivity contribution in [1.82, 2.24) is 0 Å². The molecule has 0 amide bonds. The van der Waals surface area contributed by atoms with E-state index in [1.54, 1.807) is 0 Å². The average molecular weight is 141 g/mol. The zero-order valence-electron chi connectivity index (χ0n) is 5.21. The summed E-state index contributed by atoms with van der Waals surface area (Å²) in [5, 5.41) is 0. The summed E-state index contributed by atoms with van der Waals surface area (Å²) in [6.45, 7) is 2.17. The summed E-state index contributed by atoms with van der Waals surface area (Å²) in [6.07, 6.45) is 3.49. The van der Waals surface area contributed by atoms with Crippen LogP contribution in [0.1, 0.15) is 26.2 Å². The molecule has 0 saturated heterocycles. The molecular formula is C6H9ClMg. The molecule has 0 aliphatic heterocycles. The predicted octanol–water partition coefficient (Wildman–Crippen LogP) is 2.00. The van der Waals surface area contributed by atoms with Crippen molar-refractivity contribution in [3.63, 3.8) is 0 Å². The third-order valence-corrected chi connectivity index (χ3v) is 1.63. The van der Waals surface area contributed by atoms with E-state index in [1.165, 1.54) is 12.8 Å². The second-order valence-corrected chi connectivity index (χ2v) is 3.01. The Bertz CT molecular complexity index is 90.4. The van der Waals surface area contributed by atoms with E-state index in [4.69, 9.17) is 9.07 Å². The van der Waals surface area contributed by atoms with Gasteiger partial charge in [0.15, 0.2) is 0 Å². The minimum atomic E-state index is -0.503. The van der Waals surface area contributed by atoms with E-state index >= 15 is 0 Å². The molecule has 8 heavy (non-hydrogen) atoms. The fraction of sp³-hybridized carbons (Fsp3) is 0.667. The first-order valence-corrected chi connectivity index (χ1v) is 5.78. The van der Waals surface area contributed by atoms with Gasteiger partial charge in [-0.2, -0.15) is 0 Å². The van der Waals surface area contributed by atoms with Crippen LogP contribution in [0.2, 0.25) is 0 Å². The Labute approximate surface area is 64.5 Å². The van der Waals surface area contributed by atoms with Gasteiger partial charge in [0, 0.05) is 6.42 Å². The van der Waals surface area contributed by atoms with Crippen LogP contribution in [-0.2, 0) is 0 Å². The van der Waals surface area contributed by atoms with E-state index in [9.17, 15) is 0 Å². The van der Waals surface area contributed by atoms with Crippen molar-refractivity contribution in [1.29, 1.82) is 0 Å². The summed E-state index contributed by atoms with van der Waals surface area (Å²) in [5.74, 6) is 3.02. The lowest BCUT2D eigenvalue weighted by molar-refractivity contribution is 0.828. The first-order chi connectivity index (χ1) is 3.91. The maximum Gasteiger partial charge on any atom is 0.598 e. The summed E-state index contributed by atoms with van der Waals surface area (Å²) in [6, 6.07) is 0. The van der Waals surface area contributed by atoms with Gasteiger partial charge < -0.3 is 9.07 Å². The lowest BCUT2D eigenvalue weighted by atomic mass is 10.3. The second kappa shape index (κ2) is 7.62. The molecule has 0 spiro atoms. The minimum Gasteiger partial charge on any atom is -0.316 e. The maximum absolute atomic E-state index is 5.45. The van der Waals surface area contributed by atoms with Gasteiger partial charge in [-0.05, 0) is 6.42 Å². The average Bonchev–Trinajstić information content (AvgIpc) is 1.81. The fourth-order valence-electron chi connectivity index (χ4n) is 0.401. The summed E-state index contributed by atoms with van der Waals surface area (Å²) < 4.78 is 2.94. The van der Waals surface area contributed by atoms with Gasteiger partial charge in [-0.25, -0.2) is 4.05 Å². The molecule has 0 aromatic heterocycles. The van der Waals surface area contributed by atoms with Crippen LogP contribution in [0.15, 0.2) is 0 Å². The van der Waals surface area contributed by atoms with Crippen LogP contribution in [-0.4, -0.2) is 19.3 Å². The zero-order chi connectivity index (χ0) is 6.24. The standard InChI is InChI=1S/C6H9.ClH.Mg/c1-3-5-6-4-2;;/h3,5-6H2,1H3;1H;/q;;+1/p-1. The SMILES string of the molecule is CCCCC#[C][Mg][Cl]. The van der Waals surface area contributed by atoms with Crippen LogP contribution in [0.3, 0.4) is 0 Å². The van der Waals surface area contributed by atoms with Gasteiger partial charge in [0.25, 0.3) is 0 Å². The van der Waals surface area contributed by atoms with Crippen molar-refractivity contribution in [2.45, 2.75) is 26.2 Å². The van der Waals surface area contributed by atoms with E-state index < -0.39 is 19.3 Å². The van der Waals surface area contributed by atoms with Gasteiger partial charge in [-0.3, -0.25) is 0 Å². The Kier molecular flexibility index (Phi) is 8.20. The number of hydrogen-bond acceptors (Lipinski definition) is 0. The molecular weight excluding hydrogens is 132 g/mol. The molecule has 0 saturated carbocycles. The maximum atomic E-state index is 5.45. The highest BCUT2D eigenvalue weighted by Crippen LogP contribution is 1.89. The smallest absolute Gasteiger partial charge is 0.316 e. The highest BCUT2D eigenvalue weighted by molar-refractivity contribution is 6.98. The molecule has 42 valence electrons. The van der Waals surface area contributed by atoms with Crippen LogP contribution in [0, 0.1) is 9.97 Å². The van der Waals surface area contributed by atoms with E-state index in [2.05, 4.69) is 16.9 Å². The van der Waals surface area contributed by atoms with Gasteiger partial charge in [0.05, 0.1) is 0 Å². The van der Waals surface area contributed by atoms with E-state index in [1.807, 2.05) is 0 Å². The Hall–Kier alpha value is 0.616. The van der Waals surface area contributed by atoms with Gasteiger partial charge in [-0.15, -0.1) is 5.92 Å². The van der Waals surface area contributed by atoms with E-state index in [0.717, 1.165) is 6.42 Å². The summed E-state index contributed by atoms with van der Waals surface area (Å²) >= 11 is -0.503. The van der Waals surface area contributed by atoms with Crippen LogP contribution in [0.5, 0.6) is 0 Å². The molecule has 0 fully saturated rings. The highest BCUT2D eigenvalue weighted by atomic mass is 35.5. The molecule has 0 unspecified atom stereocenters. The molecule has 0 aliphatic carbocycles. The second-order valence-electron chi connectivity index (χ2n) is 1.59. The lowest BCUT2D eigenvalue weighted by Gasteiger charge is -1.81. The van der Waals surface area contributed by atoms with Crippen LogP contribution in [0.25, 0.3) is 0 Å². The van der Waals surface area contributed by atoms with Gasteiger partial charge in [-0.1, -0.05) is 13.3 Å². The molecule has 0 nitrogen and oxygen atoms in total. The van der Waals surface area contributed by atoms with Crippen LogP contribution in [0.4, 0.5) is 0 Å². The van der Waals surface area contributed by atoms with Crippen molar-refractivity contribution < 1.29 is 0 Å². The quantitative estimate of drug-likeness (QED) is 0.313. The highest BCUT2D eigenvalue weighted by Gasteiger charge is 1.77. The monoisotopic (exact) mass is 140 g/mol. The zero-order valence-corrected chi connectivity index (χ0v) is 7.38. The van der Waals surface area contributed by atoms with Crippen molar-refractivity contribution in [2.75, 3.05) is 0 Å². The molecule has 0 aliphatic rings. The van der Waals surface area contributed by atoms with Crippen LogP contribution >= 0.6 is 9.07 Å². The number of rotatable bonds is 2. The summed E-state index contributed by atoms with van der Waals surface area (Å²) in [7, 11) is 5.45. The van der Waals surface area contributed by atoms with Gasteiger partial charge in [0.2, 0.25) is 0 Å². The lowest BCUT2D eigenvalue weighted by Crippen LogP contribution is -1.69. The molecule has 0 heterocycles. The Morgan fingerprint density at radius 3 is 2.88 bits per heavy atom. The third kappa shape index (κ3) is 6.62. The van der Waals surface area contributed by atoms with Crippen molar-refractivity contribution in [2.24, 2.45) is 0 Å². The number of hydrogen-bond donors (Lipinski definition) is 0. The molecule has 0 N–H and O–H groups in total. The molecule has 0 atom stereocenters. The first kappa shape index (κ1) is 8.62. The molecule has 0 aromatic rings.